The molecule has 6 heteroatoms. The molecule has 0 unspecified atom stereocenters. The molecule has 0 fully saturated rings. The number of hydrogen-bond acceptors (Lipinski definition) is 3. The lowest BCUT2D eigenvalue weighted by molar-refractivity contribution is 0.507. The van der Waals surface area contributed by atoms with Gasteiger partial charge in [-0.15, -0.1) is 0 Å². The lowest BCUT2D eigenvalue weighted by Gasteiger charge is -2.19. The molecule has 0 aliphatic carbocycles. The first-order valence-electron chi connectivity index (χ1n) is 6.50. The Morgan fingerprint density at radius 3 is 2.76 bits per heavy atom. The van der Waals surface area contributed by atoms with E-state index in [1.165, 1.54) is 6.07 Å². The number of aryl methyl sites for hydroxylation is 1. The van der Waals surface area contributed by atoms with Gasteiger partial charge in [-0.1, -0.05) is 6.07 Å². The van der Waals surface area contributed by atoms with E-state index >= 15 is 0 Å². The molecule has 3 rings (SSSR count). The summed E-state index contributed by atoms with van der Waals surface area (Å²) in [6.07, 6.45) is 3.44. The first kappa shape index (κ1) is 13.5. The van der Waals surface area contributed by atoms with Crippen LogP contribution in [0.4, 0.5) is 14.6 Å². The molecule has 4 nitrogen and oxygen atoms in total. The Kier molecular flexibility index (Phi) is 3.29. The van der Waals surface area contributed by atoms with Crippen molar-refractivity contribution in [1.29, 1.82) is 0 Å². The number of fused-ring (bicyclic) bond motifs is 1. The normalized spacial score (nSPS) is 11.0. The van der Waals surface area contributed by atoms with E-state index in [2.05, 4.69) is 10.1 Å². The highest BCUT2D eigenvalue weighted by molar-refractivity contribution is 5.68. The molecular formula is C15H14F2N4. The SMILES string of the molecule is Cc1cc2c(N(C)Cc3ccc(F)c(F)c3)nccn2n1. The number of anilines is 1. The predicted molar refractivity (Wildman–Crippen MR) is 76.2 cm³/mol. The van der Waals surface area contributed by atoms with E-state index in [1.54, 1.807) is 23.0 Å². The van der Waals surface area contributed by atoms with Crippen LogP contribution < -0.4 is 4.90 Å². The van der Waals surface area contributed by atoms with Crippen molar-refractivity contribution in [2.75, 3.05) is 11.9 Å². The van der Waals surface area contributed by atoms with Gasteiger partial charge >= 0.3 is 0 Å². The van der Waals surface area contributed by atoms with Crippen LogP contribution in [0.5, 0.6) is 0 Å². The molecule has 0 N–H and O–H groups in total. The summed E-state index contributed by atoms with van der Waals surface area (Å²) in [7, 11) is 1.85. The molecule has 0 saturated heterocycles. The Bertz CT molecular complexity index is 797. The first-order valence-corrected chi connectivity index (χ1v) is 6.50. The zero-order chi connectivity index (χ0) is 15.0. The Labute approximate surface area is 120 Å². The van der Waals surface area contributed by atoms with Gasteiger partial charge in [0.15, 0.2) is 17.5 Å². The lowest BCUT2D eigenvalue weighted by atomic mass is 10.2. The Balaban J connectivity index is 1.93. The molecule has 108 valence electrons. The molecule has 2 aromatic heterocycles. The number of rotatable bonds is 3. The monoisotopic (exact) mass is 288 g/mol. The largest absolute Gasteiger partial charge is 0.354 e. The highest BCUT2D eigenvalue weighted by Crippen LogP contribution is 2.20. The van der Waals surface area contributed by atoms with E-state index in [4.69, 9.17) is 0 Å². The molecule has 0 atom stereocenters. The van der Waals surface area contributed by atoms with Crippen LogP contribution in [0, 0.1) is 18.6 Å². The highest BCUT2D eigenvalue weighted by atomic mass is 19.2. The minimum absolute atomic E-state index is 0.425. The average molecular weight is 288 g/mol. The van der Waals surface area contributed by atoms with Crippen molar-refractivity contribution in [2.45, 2.75) is 13.5 Å². The van der Waals surface area contributed by atoms with Gasteiger partial charge in [0, 0.05) is 26.0 Å². The van der Waals surface area contributed by atoms with Crippen molar-refractivity contribution in [3.63, 3.8) is 0 Å². The summed E-state index contributed by atoms with van der Waals surface area (Å²) in [6.45, 7) is 2.33. The molecule has 0 aliphatic heterocycles. The standard InChI is InChI=1S/C15H14F2N4/c1-10-7-14-15(18-5-6-21(14)19-10)20(2)9-11-3-4-12(16)13(17)8-11/h3-8H,9H2,1-2H3. The van der Waals surface area contributed by atoms with Crippen LogP contribution in [-0.2, 0) is 6.54 Å². The topological polar surface area (TPSA) is 33.4 Å². The Morgan fingerprint density at radius 1 is 1.19 bits per heavy atom. The third-order valence-corrected chi connectivity index (χ3v) is 3.26. The van der Waals surface area contributed by atoms with Crippen LogP contribution in [0.25, 0.3) is 5.52 Å². The number of benzene rings is 1. The smallest absolute Gasteiger partial charge is 0.159 e. The summed E-state index contributed by atoms with van der Waals surface area (Å²) in [5.74, 6) is -0.942. The van der Waals surface area contributed by atoms with Gasteiger partial charge in [-0.25, -0.2) is 18.3 Å². The maximum atomic E-state index is 13.3. The van der Waals surface area contributed by atoms with E-state index in [0.717, 1.165) is 23.1 Å². The summed E-state index contributed by atoms with van der Waals surface area (Å²) in [4.78, 5) is 6.23. The van der Waals surface area contributed by atoms with Crippen LogP contribution in [0.3, 0.4) is 0 Å². The van der Waals surface area contributed by atoms with Gasteiger partial charge < -0.3 is 4.90 Å². The predicted octanol–water partition coefficient (Wildman–Crippen LogP) is 2.95. The van der Waals surface area contributed by atoms with Crippen molar-refractivity contribution in [1.82, 2.24) is 14.6 Å². The fourth-order valence-corrected chi connectivity index (χ4v) is 2.31. The van der Waals surface area contributed by atoms with Gasteiger partial charge in [0.05, 0.1) is 5.69 Å². The van der Waals surface area contributed by atoms with E-state index in [1.807, 2.05) is 24.9 Å². The van der Waals surface area contributed by atoms with E-state index in [0.29, 0.717) is 12.1 Å². The van der Waals surface area contributed by atoms with E-state index in [9.17, 15) is 8.78 Å². The Morgan fingerprint density at radius 2 is 2.00 bits per heavy atom. The summed E-state index contributed by atoms with van der Waals surface area (Å²) in [6, 6.07) is 5.84. The third-order valence-electron chi connectivity index (χ3n) is 3.26. The third kappa shape index (κ3) is 2.56. The number of nitrogens with zero attached hydrogens (tertiary/aromatic N) is 4. The van der Waals surface area contributed by atoms with Gasteiger partial charge in [-0.3, -0.25) is 0 Å². The minimum atomic E-state index is -0.840. The van der Waals surface area contributed by atoms with Crippen molar-refractivity contribution in [3.05, 3.63) is 59.6 Å². The van der Waals surface area contributed by atoms with E-state index in [-0.39, 0.29) is 0 Å². The quantitative estimate of drug-likeness (QED) is 0.743. The highest BCUT2D eigenvalue weighted by Gasteiger charge is 2.11. The van der Waals surface area contributed by atoms with Crippen molar-refractivity contribution >= 4 is 11.3 Å². The maximum Gasteiger partial charge on any atom is 0.159 e. The second-order valence-corrected chi connectivity index (χ2v) is 4.97. The van der Waals surface area contributed by atoms with Crippen LogP contribution in [0.15, 0.2) is 36.7 Å². The molecule has 2 heterocycles. The first-order chi connectivity index (χ1) is 10.0. The lowest BCUT2D eigenvalue weighted by Crippen LogP contribution is -2.18. The minimum Gasteiger partial charge on any atom is -0.354 e. The van der Waals surface area contributed by atoms with Crippen LogP contribution >= 0.6 is 0 Å². The molecule has 3 aromatic rings. The van der Waals surface area contributed by atoms with Gasteiger partial charge in [-0.05, 0) is 30.7 Å². The van der Waals surface area contributed by atoms with Crippen molar-refractivity contribution in [2.24, 2.45) is 0 Å². The summed E-state index contributed by atoms with van der Waals surface area (Å²) >= 11 is 0. The van der Waals surface area contributed by atoms with Crippen molar-refractivity contribution in [3.8, 4) is 0 Å². The Hall–Kier alpha value is -2.50. The molecule has 0 aliphatic rings. The number of hydrogen-bond donors (Lipinski definition) is 0. The van der Waals surface area contributed by atoms with E-state index < -0.39 is 11.6 Å². The van der Waals surface area contributed by atoms with Crippen LogP contribution in [-0.4, -0.2) is 21.6 Å². The molecule has 0 spiro atoms. The van der Waals surface area contributed by atoms with Crippen molar-refractivity contribution < 1.29 is 8.78 Å². The molecule has 0 amide bonds. The summed E-state index contributed by atoms with van der Waals surface area (Å²) in [5, 5.41) is 4.33. The fourth-order valence-electron chi connectivity index (χ4n) is 2.31. The molecule has 0 radical (unpaired) electrons. The maximum absolute atomic E-state index is 13.3. The van der Waals surface area contributed by atoms with Crippen LogP contribution in [0.2, 0.25) is 0 Å². The second-order valence-electron chi connectivity index (χ2n) is 4.97. The second kappa shape index (κ2) is 5.12. The summed E-state index contributed by atoms with van der Waals surface area (Å²) < 4.78 is 28.0. The van der Waals surface area contributed by atoms with Crippen LogP contribution in [0.1, 0.15) is 11.3 Å². The van der Waals surface area contributed by atoms with Gasteiger partial charge in [0.1, 0.15) is 5.52 Å². The molecule has 1 aromatic carbocycles. The van der Waals surface area contributed by atoms with Gasteiger partial charge in [0.25, 0.3) is 0 Å². The van der Waals surface area contributed by atoms with Gasteiger partial charge in [-0.2, -0.15) is 5.10 Å². The van der Waals surface area contributed by atoms with Gasteiger partial charge in [0.2, 0.25) is 0 Å². The molecule has 0 bridgehead atoms. The number of aromatic nitrogens is 3. The molecule has 21 heavy (non-hydrogen) atoms. The average Bonchev–Trinajstić information content (AvgIpc) is 2.82. The fraction of sp³-hybridized carbons (Fsp3) is 0.200. The molecular weight excluding hydrogens is 274 g/mol. The zero-order valence-electron chi connectivity index (χ0n) is 11.7. The summed E-state index contributed by atoms with van der Waals surface area (Å²) in [5.41, 5.74) is 2.45. The number of halogens is 2. The zero-order valence-corrected chi connectivity index (χ0v) is 11.7. The molecule has 0 saturated carbocycles.